The largest absolute Gasteiger partial charge is 0.314 e. The van der Waals surface area contributed by atoms with E-state index in [9.17, 15) is 9.18 Å². The number of nitrogens with zero attached hydrogens (tertiary/aromatic N) is 2. The van der Waals surface area contributed by atoms with Gasteiger partial charge in [0.25, 0.3) is 0 Å². The molecular weight excluding hydrogens is 159 g/mol. The zero-order valence-electron chi connectivity index (χ0n) is 6.91. The van der Waals surface area contributed by atoms with Gasteiger partial charge in [0, 0.05) is 14.0 Å². The van der Waals surface area contributed by atoms with Crippen LogP contribution in [-0.4, -0.2) is 17.9 Å². The fourth-order valence-electron chi connectivity index (χ4n) is 0.748. The van der Waals surface area contributed by atoms with Crippen LogP contribution < -0.4 is 4.90 Å². The van der Waals surface area contributed by atoms with Crippen molar-refractivity contribution in [3.63, 3.8) is 0 Å². The number of pyridine rings is 1. The van der Waals surface area contributed by atoms with E-state index in [1.165, 1.54) is 30.2 Å². The van der Waals surface area contributed by atoms with Crippen LogP contribution in [0.25, 0.3) is 0 Å². The molecular formula is C8H9FN2O. The van der Waals surface area contributed by atoms with E-state index < -0.39 is 5.95 Å². The lowest BCUT2D eigenvalue weighted by molar-refractivity contribution is -0.116. The molecule has 0 aliphatic carbocycles. The highest BCUT2D eigenvalue weighted by Gasteiger charge is 2.04. The minimum atomic E-state index is -0.546. The monoisotopic (exact) mass is 168 g/mol. The van der Waals surface area contributed by atoms with Gasteiger partial charge in [-0.05, 0) is 12.1 Å². The average Bonchev–Trinajstić information content (AvgIpc) is 2.04. The second kappa shape index (κ2) is 3.30. The predicted molar refractivity (Wildman–Crippen MR) is 43.3 cm³/mol. The average molecular weight is 168 g/mol. The van der Waals surface area contributed by atoms with Crippen LogP contribution in [0.2, 0.25) is 0 Å². The molecule has 64 valence electrons. The molecule has 1 aromatic rings. The highest BCUT2D eigenvalue weighted by molar-refractivity contribution is 5.90. The molecule has 0 radical (unpaired) electrons. The van der Waals surface area contributed by atoms with Crippen molar-refractivity contribution in [3.8, 4) is 0 Å². The third kappa shape index (κ3) is 1.78. The molecule has 0 N–H and O–H groups in total. The molecule has 0 aromatic carbocycles. The molecule has 0 saturated carbocycles. The topological polar surface area (TPSA) is 33.2 Å². The van der Waals surface area contributed by atoms with E-state index in [0.717, 1.165) is 0 Å². The van der Waals surface area contributed by atoms with Crippen LogP contribution in [0, 0.1) is 5.95 Å². The number of carbonyl (C=O) groups excluding carboxylic acids is 1. The zero-order chi connectivity index (χ0) is 9.14. The smallest absolute Gasteiger partial charge is 0.223 e. The molecule has 0 bridgehead atoms. The lowest BCUT2D eigenvalue weighted by Gasteiger charge is -2.13. The van der Waals surface area contributed by atoms with Gasteiger partial charge in [-0.3, -0.25) is 4.79 Å². The number of rotatable bonds is 1. The Hall–Kier alpha value is -1.45. The molecule has 0 aliphatic rings. The third-order valence-electron chi connectivity index (χ3n) is 1.57. The Morgan fingerprint density at radius 2 is 2.25 bits per heavy atom. The van der Waals surface area contributed by atoms with Crippen molar-refractivity contribution in [1.82, 2.24) is 4.98 Å². The Morgan fingerprint density at radius 3 is 2.67 bits per heavy atom. The summed E-state index contributed by atoms with van der Waals surface area (Å²) >= 11 is 0. The van der Waals surface area contributed by atoms with Crippen molar-refractivity contribution in [2.75, 3.05) is 11.9 Å². The molecule has 3 nitrogen and oxygen atoms in total. The van der Waals surface area contributed by atoms with Crippen LogP contribution in [0.5, 0.6) is 0 Å². The first-order valence-corrected chi connectivity index (χ1v) is 3.47. The summed E-state index contributed by atoms with van der Waals surface area (Å²) in [6.07, 6.45) is 1.32. The van der Waals surface area contributed by atoms with Gasteiger partial charge in [0.2, 0.25) is 11.9 Å². The van der Waals surface area contributed by atoms with Gasteiger partial charge < -0.3 is 4.90 Å². The first-order chi connectivity index (χ1) is 5.61. The second-order valence-corrected chi connectivity index (χ2v) is 2.42. The minimum Gasteiger partial charge on any atom is -0.314 e. The molecule has 12 heavy (non-hydrogen) atoms. The number of carbonyl (C=O) groups is 1. The van der Waals surface area contributed by atoms with Crippen LogP contribution >= 0.6 is 0 Å². The Balaban J connectivity index is 2.89. The van der Waals surface area contributed by atoms with Gasteiger partial charge in [-0.1, -0.05) is 0 Å². The summed E-state index contributed by atoms with van der Waals surface area (Å²) < 4.78 is 12.3. The van der Waals surface area contributed by atoms with Gasteiger partial charge in [0.15, 0.2) is 0 Å². The predicted octanol–water partition coefficient (Wildman–Crippen LogP) is 1.20. The zero-order valence-corrected chi connectivity index (χ0v) is 6.91. The minimum absolute atomic E-state index is 0.108. The number of hydrogen-bond donors (Lipinski definition) is 0. The number of halogens is 1. The maximum atomic E-state index is 12.3. The van der Waals surface area contributed by atoms with Crippen LogP contribution in [0.15, 0.2) is 18.3 Å². The molecule has 1 rings (SSSR count). The third-order valence-corrected chi connectivity index (χ3v) is 1.57. The highest BCUT2D eigenvalue weighted by Crippen LogP contribution is 2.10. The van der Waals surface area contributed by atoms with E-state index in [2.05, 4.69) is 4.98 Å². The molecule has 1 amide bonds. The van der Waals surface area contributed by atoms with Gasteiger partial charge >= 0.3 is 0 Å². The van der Waals surface area contributed by atoms with Crippen LogP contribution in [0.3, 0.4) is 0 Å². The Labute approximate surface area is 69.8 Å². The molecule has 0 unspecified atom stereocenters. The summed E-state index contributed by atoms with van der Waals surface area (Å²) in [6, 6.07) is 2.72. The van der Waals surface area contributed by atoms with Crippen molar-refractivity contribution in [3.05, 3.63) is 24.3 Å². The van der Waals surface area contributed by atoms with Crippen molar-refractivity contribution in [2.45, 2.75) is 6.92 Å². The van der Waals surface area contributed by atoms with Crippen LogP contribution in [0.4, 0.5) is 10.1 Å². The summed E-state index contributed by atoms with van der Waals surface area (Å²) in [6.45, 7) is 1.43. The summed E-state index contributed by atoms with van der Waals surface area (Å²) in [5, 5.41) is 0. The summed E-state index contributed by atoms with van der Waals surface area (Å²) in [4.78, 5) is 15.7. The molecule has 0 aliphatic heterocycles. The molecule has 4 heteroatoms. The summed E-state index contributed by atoms with van der Waals surface area (Å²) in [5.74, 6) is -0.654. The first kappa shape index (κ1) is 8.64. The summed E-state index contributed by atoms with van der Waals surface area (Å²) in [7, 11) is 1.61. The van der Waals surface area contributed by atoms with Gasteiger partial charge in [-0.2, -0.15) is 4.39 Å². The number of aromatic nitrogens is 1. The Morgan fingerprint density at radius 1 is 1.58 bits per heavy atom. The van der Waals surface area contributed by atoms with Crippen molar-refractivity contribution >= 4 is 11.6 Å². The summed E-state index contributed by atoms with van der Waals surface area (Å²) in [5.41, 5.74) is 0.587. The molecule has 1 heterocycles. The van der Waals surface area contributed by atoms with Gasteiger partial charge in [0.1, 0.15) is 0 Å². The van der Waals surface area contributed by atoms with Crippen molar-refractivity contribution in [2.24, 2.45) is 0 Å². The Kier molecular flexibility index (Phi) is 2.38. The molecule has 0 atom stereocenters. The van der Waals surface area contributed by atoms with Crippen molar-refractivity contribution in [1.29, 1.82) is 0 Å². The second-order valence-electron chi connectivity index (χ2n) is 2.42. The molecule has 0 fully saturated rings. The maximum absolute atomic E-state index is 12.3. The Bertz CT molecular complexity index is 284. The number of anilines is 1. The molecule has 0 saturated heterocycles. The number of amides is 1. The SMILES string of the molecule is CC(=O)N(C)c1ccc(F)nc1. The lowest BCUT2D eigenvalue weighted by Crippen LogP contribution is -2.22. The van der Waals surface area contributed by atoms with Gasteiger partial charge in [-0.15, -0.1) is 0 Å². The fourth-order valence-corrected chi connectivity index (χ4v) is 0.748. The van der Waals surface area contributed by atoms with E-state index in [1.807, 2.05) is 0 Å². The first-order valence-electron chi connectivity index (χ1n) is 3.47. The molecule has 0 spiro atoms. The van der Waals surface area contributed by atoms with Crippen molar-refractivity contribution < 1.29 is 9.18 Å². The van der Waals surface area contributed by atoms with Gasteiger partial charge in [0.05, 0.1) is 11.9 Å². The standard InChI is InChI=1S/C8H9FN2O/c1-6(12)11(2)7-3-4-8(9)10-5-7/h3-5H,1-2H3. The fraction of sp³-hybridized carbons (Fsp3) is 0.250. The lowest BCUT2D eigenvalue weighted by atomic mass is 10.4. The normalized spacial score (nSPS) is 9.58. The number of hydrogen-bond acceptors (Lipinski definition) is 2. The van der Waals surface area contributed by atoms with E-state index in [4.69, 9.17) is 0 Å². The van der Waals surface area contributed by atoms with E-state index in [1.54, 1.807) is 7.05 Å². The van der Waals surface area contributed by atoms with Gasteiger partial charge in [-0.25, -0.2) is 4.98 Å². The van der Waals surface area contributed by atoms with Crippen LogP contribution in [-0.2, 0) is 4.79 Å². The maximum Gasteiger partial charge on any atom is 0.223 e. The van der Waals surface area contributed by atoms with Crippen LogP contribution in [0.1, 0.15) is 6.92 Å². The van der Waals surface area contributed by atoms with E-state index in [0.29, 0.717) is 5.69 Å². The molecule has 1 aromatic heterocycles. The van der Waals surface area contributed by atoms with E-state index in [-0.39, 0.29) is 5.91 Å². The van der Waals surface area contributed by atoms with E-state index >= 15 is 0 Å². The highest BCUT2D eigenvalue weighted by atomic mass is 19.1. The quantitative estimate of drug-likeness (QED) is 0.590.